The minimum atomic E-state index is -0.906. The van der Waals surface area contributed by atoms with Gasteiger partial charge in [-0.1, -0.05) is 0 Å². The molecule has 0 amide bonds. The highest BCUT2D eigenvalue weighted by Gasteiger charge is 2.10. The quantitative estimate of drug-likeness (QED) is 0.878. The maximum atomic E-state index is 10.9. The lowest BCUT2D eigenvalue weighted by molar-refractivity contribution is 0.0697. The van der Waals surface area contributed by atoms with Gasteiger partial charge in [-0.2, -0.15) is 5.10 Å². The summed E-state index contributed by atoms with van der Waals surface area (Å²) < 4.78 is 1.88. The average Bonchev–Trinajstić information content (AvgIpc) is 2.89. The van der Waals surface area contributed by atoms with E-state index in [9.17, 15) is 4.79 Å². The van der Waals surface area contributed by atoms with Crippen LogP contribution in [0.4, 0.5) is 5.69 Å². The number of rotatable bonds is 5. The van der Waals surface area contributed by atoms with Crippen molar-refractivity contribution in [1.82, 2.24) is 9.78 Å². The maximum Gasteiger partial charge on any atom is 0.335 e. The van der Waals surface area contributed by atoms with Crippen molar-refractivity contribution in [3.05, 3.63) is 47.3 Å². The van der Waals surface area contributed by atoms with E-state index in [1.54, 1.807) is 18.2 Å². The van der Waals surface area contributed by atoms with E-state index in [0.29, 0.717) is 5.56 Å². The van der Waals surface area contributed by atoms with Gasteiger partial charge >= 0.3 is 5.97 Å². The zero-order valence-electron chi connectivity index (χ0n) is 11.9. The third kappa shape index (κ3) is 2.99. The first kappa shape index (κ1) is 14.1. The molecule has 2 N–H and O–H groups in total. The van der Waals surface area contributed by atoms with Gasteiger partial charge in [0.2, 0.25) is 0 Å². The molecule has 5 nitrogen and oxygen atoms in total. The lowest BCUT2D eigenvalue weighted by Crippen LogP contribution is -2.08. The summed E-state index contributed by atoms with van der Waals surface area (Å²) in [6.07, 6.45) is 3.86. The number of benzene rings is 1. The van der Waals surface area contributed by atoms with Crippen LogP contribution in [0.5, 0.6) is 0 Å². The summed E-state index contributed by atoms with van der Waals surface area (Å²) in [6.45, 7) is 6.85. The Morgan fingerprint density at radius 1 is 1.50 bits per heavy atom. The zero-order chi connectivity index (χ0) is 14.7. The van der Waals surface area contributed by atoms with Crippen LogP contribution < -0.4 is 5.32 Å². The van der Waals surface area contributed by atoms with Gasteiger partial charge in [0.1, 0.15) is 0 Å². The van der Waals surface area contributed by atoms with Crippen LogP contribution in [0.2, 0.25) is 0 Å². The van der Waals surface area contributed by atoms with Gasteiger partial charge in [-0.15, -0.1) is 0 Å². The summed E-state index contributed by atoms with van der Waals surface area (Å²) in [5.74, 6) is -0.906. The van der Waals surface area contributed by atoms with Gasteiger partial charge in [-0.3, -0.25) is 4.68 Å². The number of carboxylic acids is 1. The zero-order valence-corrected chi connectivity index (χ0v) is 11.9. The van der Waals surface area contributed by atoms with Crippen LogP contribution in [0.1, 0.15) is 41.4 Å². The van der Waals surface area contributed by atoms with E-state index in [-0.39, 0.29) is 6.04 Å². The SMILES string of the molecule is CCn1cc(C(C)Nc2ccc(C(=O)O)cc2C)cn1. The molecule has 1 aromatic heterocycles. The molecule has 106 valence electrons. The van der Waals surface area contributed by atoms with Gasteiger partial charge in [0, 0.05) is 24.0 Å². The molecule has 2 aromatic rings. The molecule has 0 spiro atoms. The molecule has 0 saturated heterocycles. The van der Waals surface area contributed by atoms with Crippen molar-refractivity contribution >= 4 is 11.7 Å². The van der Waals surface area contributed by atoms with Gasteiger partial charge < -0.3 is 10.4 Å². The number of nitrogens with zero attached hydrogens (tertiary/aromatic N) is 2. The molecule has 0 aliphatic heterocycles. The minimum Gasteiger partial charge on any atom is -0.478 e. The number of nitrogens with one attached hydrogen (secondary N) is 1. The summed E-state index contributed by atoms with van der Waals surface area (Å²) in [5, 5.41) is 16.6. The molecule has 0 aliphatic carbocycles. The molecule has 5 heteroatoms. The summed E-state index contributed by atoms with van der Waals surface area (Å²) in [4.78, 5) is 10.9. The summed E-state index contributed by atoms with van der Waals surface area (Å²) in [6, 6.07) is 5.20. The number of carboxylic acid groups (broad SMARTS) is 1. The second-order valence-electron chi connectivity index (χ2n) is 4.83. The monoisotopic (exact) mass is 273 g/mol. The number of anilines is 1. The predicted octanol–water partition coefficient (Wildman–Crippen LogP) is 3.08. The predicted molar refractivity (Wildman–Crippen MR) is 78.1 cm³/mol. The lowest BCUT2D eigenvalue weighted by Gasteiger charge is -2.16. The highest BCUT2D eigenvalue weighted by molar-refractivity contribution is 5.88. The Balaban J connectivity index is 2.15. The van der Waals surface area contributed by atoms with Gasteiger partial charge in [-0.25, -0.2) is 4.79 Å². The molecular weight excluding hydrogens is 254 g/mol. The fourth-order valence-electron chi connectivity index (χ4n) is 2.05. The molecule has 0 aliphatic rings. The fraction of sp³-hybridized carbons (Fsp3) is 0.333. The molecule has 1 atom stereocenters. The van der Waals surface area contributed by atoms with E-state index in [2.05, 4.69) is 17.3 Å². The van der Waals surface area contributed by atoms with E-state index in [4.69, 9.17) is 5.11 Å². The topological polar surface area (TPSA) is 67.2 Å². The molecule has 2 rings (SSSR count). The van der Waals surface area contributed by atoms with E-state index in [1.165, 1.54) is 0 Å². The van der Waals surface area contributed by atoms with Crippen LogP contribution in [-0.2, 0) is 6.54 Å². The second kappa shape index (κ2) is 5.77. The molecule has 20 heavy (non-hydrogen) atoms. The van der Waals surface area contributed by atoms with Crippen LogP contribution in [0.15, 0.2) is 30.6 Å². The van der Waals surface area contributed by atoms with Crippen molar-refractivity contribution in [2.45, 2.75) is 33.4 Å². The van der Waals surface area contributed by atoms with Crippen molar-refractivity contribution in [2.24, 2.45) is 0 Å². The summed E-state index contributed by atoms with van der Waals surface area (Å²) in [7, 11) is 0. The summed E-state index contributed by atoms with van der Waals surface area (Å²) in [5.41, 5.74) is 3.26. The molecule has 0 bridgehead atoms. The number of hydrogen-bond donors (Lipinski definition) is 2. The molecule has 1 aromatic carbocycles. The van der Waals surface area contributed by atoms with Crippen molar-refractivity contribution in [3.8, 4) is 0 Å². The van der Waals surface area contributed by atoms with Gasteiger partial charge in [0.05, 0.1) is 17.8 Å². The molecule has 0 saturated carbocycles. The molecule has 1 heterocycles. The normalized spacial score (nSPS) is 12.2. The highest BCUT2D eigenvalue weighted by atomic mass is 16.4. The van der Waals surface area contributed by atoms with Crippen molar-refractivity contribution in [2.75, 3.05) is 5.32 Å². The molecular formula is C15H19N3O2. The Labute approximate surface area is 118 Å². The number of aromatic carboxylic acids is 1. The fourth-order valence-corrected chi connectivity index (χ4v) is 2.05. The molecule has 1 unspecified atom stereocenters. The third-order valence-corrected chi connectivity index (χ3v) is 3.32. The number of hydrogen-bond acceptors (Lipinski definition) is 3. The summed E-state index contributed by atoms with van der Waals surface area (Å²) >= 11 is 0. The average molecular weight is 273 g/mol. The number of aryl methyl sites for hydroxylation is 2. The lowest BCUT2D eigenvalue weighted by atomic mass is 10.1. The first-order chi connectivity index (χ1) is 9.51. The van der Waals surface area contributed by atoms with E-state index < -0.39 is 5.97 Å². The standard InChI is InChI=1S/C15H19N3O2/c1-4-18-9-13(8-16-18)11(3)17-14-6-5-12(15(19)20)7-10(14)2/h5-9,11,17H,4H2,1-3H3,(H,19,20). The minimum absolute atomic E-state index is 0.115. The Morgan fingerprint density at radius 2 is 2.25 bits per heavy atom. The number of carbonyl (C=O) groups is 1. The maximum absolute atomic E-state index is 10.9. The second-order valence-corrected chi connectivity index (χ2v) is 4.83. The Kier molecular flexibility index (Phi) is 4.08. The van der Waals surface area contributed by atoms with Crippen molar-refractivity contribution < 1.29 is 9.90 Å². The molecule has 0 radical (unpaired) electrons. The van der Waals surface area contributed by atoms with E-state index in [0.717, 1.165) is 23.4 Å². The van der Waals surface area contributed by atoms with E-state index >= 15 is 0 Å². The smallest absolute Gasteiger partial charge is 0.335 e. The largest absolute Gasteiger partial charge is 0.478 e. The third-order valence-electron chi connectivity index (χ3n) is 3.32. The van der Waals surface area contributed by atoms with Crippen LogP contribution in [0.25, 0.3) is 0 Å². The van der Waals surface area contributed by atoms with E-state index in [1.807, 2.05) is 30.9 Å². The van der Waals surface area contributed by atoms with Gasteiger partial charge in [0.25, 0.3) is 0 Å². The van der Waals surface area contributed by atoms with Crippen molar-refractivity contribution in [1.29, 1.82) is 0 Å². The van der Waals surface area contributed by atoms with Crippen LogP contribution >= 0.6 is 0 Å². The number of aromatic nitrogens is 2. The molecule has 0 fully saturated rings. The van der Waals surface area contributed by atoms with Crippen LogP contribution in [0.3, 0.4) is 0 Å². The first-order valence-corrected chi connectivity index (χ1v) is 6.64. The Hall–Kier alpha value is -2.30. The Morgan fingerprint density at radius 3 is 2.80 bits per heavy atom. The van der Waals surface area contributed by atoms with Gasteiger partial charge in [-0.05, 0) is 44.5 Å². The van der Waals surface area contributed by atoms with Crippen LogP contribution in [0, 0.1) is 6.92 Å². The van der Waals surface area contributed by atoms with Crippen LogP contribution in [-0.4, -0.2) is 20.9 Å². The van der Waals surface area contributed by atoms with Gasteiger partial charge in [0.15, 0.2) is 0 Å². The van der Waals surface area contributed by atoms with Crippen molar-refractivity contribution in [3.63, 3.8) is 0 Å². The Bertz CT molecular complexity index is 619. The first-order valence-electron chi connectivity index (χ1n) is 6.64. The highest BCUT2D eigenvalue weighted by Crippen LogP contribution is 2.22.